The molecule has 0 saturated heterocycles. The molecule has 0 N–H and O–H groups in total. The molecule has 0 rings (SSSR count). The predicted molar refractivity (Wildman–Crippen MR) is 75.6 cm³/mol. The third-order valence-corrected chi connectivity index (χ3v) is 3.63. The van der Waals surface area contributed by atoms with Gasteiger partial charge in [-0.25, -0.2) is 0 Å². The molecule has 2 nitrogen and oxygen atoms in total. The van der Waals surface area contributed by atoms with E-state index in [9.17, 15) is 0 Å². The fourth-order valence-corrected chi connectivity index (χ4v) is 2.10. The molecule has 0 bridgehead atoms. The third-order valence-electron chi connectivity index (χ3n) is 3.63. The Labute approximate surface area is 109 Å². The Bertz CT molecular complexity index is 161. The van der Waals surface area contributed by atoms with Gasteiger partial charge in [0, 0.05) is 13.6 Å². The molecule has 2 unspecified atom stereocenters. The number of hydrogen-bond donors (Lipinski definition) is 0. The van der Waals surface area contributed by atoms with E-state index >= 15 is 0 Å². The zero-order chi connectivity index (χ0) is 13.1. The van der Waals surface area contributed by atoms with Crippen LogP contribution in [0.3, 0.4) is 0 Å². The molecule has 2 heteroatoms. The first kappa shape index (κ1) is 16.9. The van der Waals surface area contributed by atoms with Gasteiger partial charge >= 0.3 is 0 Å². The van der Waals surface area contributed by atoms with Gasteiger partial charge in [-0.1, -0.05) is 52.9 Å². The second kappa shape index (κ2) is 11.0. The van der Waals surface area contributed by atoms with Crippen molar-refractivity contribution in [1.82, 2.24) is 5.06 Å². The summed E-state index contributed by atoms with van der Waals surface area (Å²) in [4.78, 5) is 5.66. The molecule has 0 heterocycles. The Morgan fingerprint density at radius 2 is 1.76 bits per heavy atom. The Morgan fingerprint density at radius 1 is 1.12 bits per heavy atom. The SMILES string of the molecule is [CH2]CN(C)OCC(CC)CC(CC)CCCC. The summed E-state index contributed by atoms with van der Waals surface area (Å²) in [7, 11) is 1.95. The fraction of sp³-hybridized carbons (Fsp3) is 0.933. The summed E-state index contributed by atoms with van der Waals surface area (Å²) in [6.45, 7) is 12.2. The van der Waals surface area contributed by atoms with Gasteiger partial charge < -0.3 is 0 Å². The largest absolute Gasteiger partial charge is 0.299 e. The molecule has 0 aromatic carbocycles. The van der Waals surface area contributed by atoms with Gasteiger partial charge in [0.1, 0.15) is 0 Å². The van der Waals surface area contributed by atoms with Crippen LogP contribution in [0.15, 0.2) is 0 Å². The van der Waals surface area contributed by atoms with Gasteiger partial charge in [0.2, 0.25) is 0 Å². The Morgan fingerprint density at radius 3 is 2.24 bits per heavy atom. The van der Waals surface area contributed by atoms with Crippen LogP contribution in [0.25, 0.3) is 0 Å². The molecule has 1 radical (unpaired) electrons. The highest BCUT2D eigenvalue weighted by molar-refractivity contribution is 4.64. The van der Waals surface area contributed by atoms with E-state index < -0.39 is 0 Å². The Balaban J connectivity index is 3.90. The summed E-state index contributed by atoms with van der Waals surface area (Å²) in [5.41, 5.74) is 0. The minimum Gasteiger partial charge on any atom is -0.299 e. The van der Waals surface area contributed by atoms with Crippen LogP contribution in [-0.4, -0.2) is 25.3 Å². The number of hydrogen-bond acceptors (Lipinski definition) is 2. The smallest absolute Gasteiger partial charge is 0.0713 e. The standard InChI is InChI=1S/C15H32NO/c1-6-10-11-14(7-2)12-15(8-3)13-17-16(5)9-4/h14-15H,4,6-13H2,1-3,5H3. The Hall–Kier alpha value is -0.0800. The van der Waals surface area contributed by atoms with Crippen LogP contribution in [0.5, 0.6) is 0 Å². The summed E-state index contributed by atoms with van der Waals surface area (Å²) in [6, 6.07) is 0. The highest BCUT2D eigenvalue weighted by Crippen LogP contribution is 2.23. The predicted octanol–water partition coefficient (Wildman–Crippen LogP) is 4.32. The lowest BCUT2D eigenvalue weighted by Crippen LogP contribution is -2.23. The maximum atomic E-state index is 5.66. The summed E-state index contributed by atoms with van der Waals surface area (Å²) in [6.07, 6.45) is 7.91. The van der Waals surface area contributed by atoms with E-state index in [1.807, 2.05) is 12.1 Å². The Kier molecular flexibility index (Phi) is 11.0. The van der Waals surface area contributed by atoms with Crippen molar-refractivity contribution >= 4 is 0 Å². The molecule has 0 amide bonds. The molecule has 0 aliphatic carbocycles. The molecule has 0 fully saturated rings. The molecular weight excluding hydrogens is 210 g/mol. The highest BCUT2D eigenvalue weighted by Gasteiger charge is 2.14. The van der Waals surface area contributed by atoms with E-state index in [1.54, 1.807) is 0 Å². The summed E-state index contributed by atoms with van der Waals surface area (Å²) in [5.74, 6) is 1.58. The lowest BCUT2D eigenvalue weighted by molar-refractivity contribution is -0.146. The van der Waals surface area contributed by atoms with Crippen molar-refractivity contribution in [2.45, 2.75) is 59.3 Å². The van der Waals surface area contributed by atoms with Gasteiger partial charge in [0.05, 0.1) is 6.61 Å². The first-order chi connectivity index (χ1) is 8.17. The quantitative estimate of drug-likeness (QED) is 0.500. The second-order valence-electron chi connectivity index (χ2n) is 5.07. The summed E-state index contributed by atoms with van der Waals surface area (Å²) in [5, 5.41) is 1.83. The zero-order valence-corrected chi connectivity index (χ0v) is 12.4. The normalized spacial score (nSPS) is 15.2. The third kappa shape index (κ3) is 8.62. The molecular formula is C15H32NO. The van der Waals surface area contributed by atoms with E-state index in [2.05, 4.69) is 27.7 Å². The highest BCUT2D eigenvalue weighted by atomic mass is 16.7. The molecule has 103 valence electrons. The second-order valence-corrected chi connectivity index (χ2v) is 5.07. The molecule has 2 atom stereocenters. The summed E-state index contributed by atoms with van der Waals surface area (Å²) < 4.78 is 0. The maximum absolute atomic E-state index is 5.66. The molecule has 0 aliphatic heterocycles. The van der Waals surface area contributed by atoms with E-state index in [1.165, 1.54) is 38.5 Å². The van der Waals surface area contributed by atoms with Gasteiger partial charge in [0.25, 0.3) is 0 Å². The minimum absolute atomic E-state index is 0.700. The average Bonchev–Trinajstić information content (AvgIpc) is 2.37. The van der Waals surface area contributed by atoms with Gasteiger partial charge in [-0.3, -0.25) is 4.84 Å². The van der Waals surface area contributed by atoms with E-state index in [0.717, 1.165) is 12.5 Å². The lowest BCUT2D eigenvalue weighted by Gasteiger charge is -2.23. The van der Waals surface area contributed by atoms with E-state index in [4.69, 9.17) is 4.84 Å². The number of unbranched alkanes of at least 4 members (excludes halogenated alkanes) is 1. The molecule has 0 aromatic rings. The number of rotatable bonds is 11. The van der Waals surface area contributed by atoms with Crippen LogP contribution < -0.4 is 0 Å². The molecule has 0 aliphatic rings. The van der Waals surface area contributed by atoms with Gasteiger partial charge in [0.15, 0.2) is 0 Å². The van der Waals surface area contributed by atoms with E-state index in [-0.39, 0.29) is 0 Å². The van der Waals surface area contributed by atoms with Crippen molar-refractivity contribution in [2.75, 3.05) is 20.2 Å². The van der Waals surface area contributed by atoms with Crippen LogP contribution in [0.1, 0.15) is 59.3 Å². The monoisotopic (exact) mass is 242 g/mol. The van der Waals surface area contributed by atoms with Gasteiger partial charge in [-0.15, -0.1) is 0 Å². The number of hydroxylamine groups is 2. The summed E-state index contributed by atoms with van der Waals surface area (Å²) >= 11 is 0. The van der Waals surface area contributed by atoms with Crippen molar-refractivity contribution < 1.29 is 4.84 Å². The lowest BCUT2D eigenvalue weighted by atomic mass is 9.88. The van der Waals surface area contributed by atoms with Crippen LogP contribution >= 0.6 is 0 Å². The van der Waals surface area contributed by atoms with Crippen LogP contribution in [-0.2, 0) is 4.84 Å². The van der Waals surface area contributed by atoms with Crippen LogP contribution in [0.2, 0.25) is 0 Å². The molecule has 0 spiro atoms. The average molecular weight is 242 g/mol. The van der Waals surface area contributed by atoms with Crippen molar-refractivity contribution in [2.24, 2.45) is 11.8 Å². The first-order valence-corrected chi connectivity index (χ1v) is 7.31. The molecule has 17 heavy (non-hydrogen) atoms. The van der Waals surface area contributed by atoms with Crippen molar-refractivity contribution in [3.63, 3.8) is 0 Å². The number of nitrogens with zero attached hydrogens (tertiary/aromatic N) is 1. The van der Waals surface area contributed by atoms with Crippen molar-refractivity contribution in [3.8, 4) is 0 Å². The topological polar surface area (TPSA) is 12.5 Å². The minimum atomic E-state index is 0.700. The van der Waals surface area contributed by atoms with Gasteiger partial charge in [-0.05, 0) is 25.2 Å². The van der Waals surface area contributed by atoms with Crippen molar-refractivity contribution in [3.05, 3.63) is 6.92 Å². The fourth-order valence-electron chi connectivity index (χ4n) is 2.10. The first-order valence-electron chi connectivity index (χ1n) is 7.31. The van der Waals surface area contributed by atoms with Crippen molar-refractivity contribution in [1.29, 1.82) is 0 Å². The maximum Gasteiger partial charge on any atom is 0.0713 e. The zero-order valence-electron chi connectivity index (χ0n) is 12.4. The molecule has 0 aromatic heterocycles. The van der Waals surface area contributed by atoms with E-state index in [0.29, 0.717) is 12.5 Å². The van der Waals surface area contributed by atoms with Gasteiger partial charge in [-0.2, -0.15) is 5.06 Å². The molecule has 0 saturated carbocycles. The van der Waals surface area contributed by atoms with Crippen LogP contribution in [0, 0.1) is 18.8 Å². The van der Waals surface area contributed by atoms with Crippen LogP contribution in [0.4, 0.5) is 0 Å².